The lowest BCUT2D eigenvalue weighted by atomic mass is 10.2. The first-order chi connectivity index (χ1) is 9.11. The van der Waals surface area contributed by atoms with Crippen molar-refractivity contribution in [3.05, 3.63) is 46.0 Å². The predicted octanol–water partition coefficient (Wildman–Crippen LogP) is 3.37. The quantitative estimate of drug-likeness (QED) is 0.850. The third-order valence-electron chi connectivity index (χ3n) is 2.46. The number of nitrogens with zero attached hydrogens (tertiary/aromatic N) is 1. The lowest BCUT2D eigenvalue weighted by Gasteiger charge is -2.08. The van der Waals surface area contributed by atoms with Crippen molar-refractivity contribution in [3.8, 4) is 0 Å². The summed E-state index contributed by atoms with van der Waals surface area (Å²) in [4.78, 5) is 19.8. The summed E-state index contributed by atoms with van der Waals surface area (Å²) in [6, 6.07) is 3.27. The molecule has 0 aliphatic rings. The molecule has 1 amide bonds. The van der Waals surface area contributed by atoms with Gasteiger partial charge in [0.25, 0.3) is 5.91 Å². The Morgan fingerprint density at radius 2 is 2.21 bits per heavy atom. The maximum Gasteiger partial charge on any atom is 0.253 e. The van der Waals surface area contributed by atoms with E-state index in [4.69, 9.17) is 23.2 Å². The SMILES string of the molecule is CSc1cc(C(=O)NCc2ncc[nH]2)c(Cl)cc1Cl. The number of H-pyrrole nitrogens is 1. The first kappa shape index (κ1) is 14.2. The maximum atomic E-state index is 12.1. The van der Waals surface area contributed by atoms with Gasteiger partial charge in [0.2, 0.25) is 0 Å². The van der Waals surface area contributed by atoms with Crippen molar-refractivity contribution < 1.29 is 4.79 Å². The van der Waals surface area contributed by atoms with Crippen LogP contribution in [-0.4, -0.2) is 22.1 Å². The van der Waals surface area contributed by atoms with Crippen molar-refractivity contribution in [2.45, 2.75) is 11.4 Å². The van der Waals surface area contributed by atoms with Crippen molar-refractivity contribution in [3.63, 3.8) is 0 Å². The molecular weight excluding hydrogens is 305 g/mol. The van der Waals surface area contributed by atoms with Crippen LogP contribution in [0.1, 0.15) is 16.2 Å². The normalized spacial score (nSPS) is 10.5. The monoisotopic (exact) mass is 315 g/mol. The number of carbonyl (C=O) groups is 1. The molecule has 100 valence electrons. The second-order valence-corrected chi connectivity index (χ2v) is 5.35. The summed E-state index contributed by atoms with van der Waals surface area (Å²) in [5.74, 6) is 0.428. The molecule has 19 heavy (non-hydrogen) atoms. The van der Waals surface area contributed by atoms with E-state index in [9.17, 15) is 4.79 Å². The van der Waals surface area contributed by atoms with Gasteiger partial charge in [-0.1, -0.05) is 23.2 Å². The van der Waals surface area contributed by atoms with Crippen LogP contribution in [0.25, 0.3) is 0 Å². The number of amides is 1. The molecule has 0 atom stereocenters. The molecule has 2 N–H and O–H groups in total. The minimum Gasteiger partial charge on any atom is -0.347 e. The number of nitrogens with one attached hydrogen (secondary N) is 2. The fourth-order valence-corrected chi connectivity index (χ4v) is 2.70. The van der Waals surface area contributed by atoms with Crippen LogP contribution in [-0.2, 0) is 6.54 Å². The van der Waals surface area contributed by atoms with E-state index >= 15 is 0 Å². The largest absolute Gasteiger partial charge is 0.347 e. The molecule has 0 radical (unpaired) electrons. The van der Waals surface area contributed by atoms with Crippen LogP contribution in [0.3, 0.4) is 0 Å². The van der Waals surface area contributed by atoms with E-state index in [2.05, 4.69) is 15.3 Å². The van der Waals surface area contributed by atoms with Crippen LogP contribution in [0.2, 0.25) is 10.0 Å². The molecule has 0 bridgehead atoms. The Morgan fingerprint density at radius 1 is 1.42 bits per heavy atom. The van der Waals surface area contributed by atoms with Gasteiger partial charge in [-0.2, -0.15) is 0 Å². The zero-order chi connectivity index (χ0) is 13.8. The minimum absolute atomic E-state index is 0.256. The van der Waals surface area contributed by atoms with Crippen LogP contribution in [0, 0.1) is 0 Å². The van der Waals surface area contributed by atoms with E-state index < -0.39 is 0 Å². The summed E-state index contributed by atoms with van der Waals surface area (Å²) in [7, 11) is 0. The average molecular weight is 316 g/mol. The van der Waals surface area contributed by atoms with Crippen molar-refractivity contribution in [2.75, 3.05) is 6.26 Å². The molecule has 0 saturated heterocycles. The number of imidazole rings is 1. The van der Waals surface area contributed by atoms with Gasteiger partial charge in [0.15, 0.2) is 0 Å². The molecule has 0 saturated carbocycles. The van der Waals surface area contributed by atoms with Crippen molar-refractivity contribution in [1.29, 1.82) is 0 Å². The Balaban J connectivity index is 2.14. The molecule has 1 aromatic carbocycles. The zero-order valence-electron chi connectivity index (χ0n) is 10.0. The summed E-state index contributed by atoms with van der Waals surface area (Å²) < 4.78 is 0. The maximum absolute atomic E-state index is 12.1. The summed E-state index contributed by atoms with van der Waals surface area (Å²) >= 11 is 13.5. The van der Waals surface area contributed by atoms with Crippen molar-refractivity contribution >= 4 is 40.9 Å². The van der Waals surface area contributed by atoms with Crippen LogP contribution in [0.15, 0.2) is 29.4 Å². The Kier molecular flexibility index (Phi) is 4.74. The van der Waals surface area contributed by atoms with Gasteiger partial charge < -0.3 is 10.3 Å². The van der Waals surface area contributed by atoms with E-state index in [-0.39, 0.29) is 5.91 Å². The molecule has 4 nitrogen and oxygen atoms in total. The number of benzene rings is 1. The first-order valence-electron chi connectivity index (χ1n) is 5.41. The fourth-order valence-electron chi connectivity index (χ4n) is 1.51. The Bertz CT molecular complexity index is 587. The number of aromatic nitrogens is 2. The molecule has 2 aromatic rings. The first-order valence-corrected chi connectivity index (χ1v) is 7.39. The van der Waals surface area contributed by atoms with Gasteiger partial charge in [-0.3, -0.25) is 4.79 Å². The lowest BCUT2D eigenvalue weighted by Crippen LogP contribution is -2.23. The molecule has 1 heterocycles. The highest BCUT2D eigenvalue weighted by atomic mass is 35.5. The van der Waals surface area contributed by atoms with Crippen LogP contribution in [0.4, 0.5) is 0 Å². The third kappa shape index (κ3) is 3.43. The number of aromatic amines is 1. The van der Waals surface area contributed by atoms with Crippen LogP contribution in [0.5, 0.6) is 0 Å². The zero-order valence-corrected chi connectivity index (χ0v) is 12.4. The second kappa shape index (κ2) is 6.32. The minimum atomic E-state index is -0.256. The molecule has 2 rings (SSSR count). The van der Waals surface area contributed by atoms with Gasteiger partial charge in [-0.15, -0.1) is 11.8 Å². The highest BCUT2D eigenvalue weighted by Crippen LogP contribution is 2.31. The number of carbonyl (C=O) groups excluding carboxylic acids is 1. The number of halogens is 2. The standard InChI is InChI=1S/C12H11Cl2N3OS/c1-19-10-4-7(8(13)5-9(10)14)12(18)17-6-11-15-2-3-16-11/h2-5H,6H2,1H3,(H,15,16)(H,17,18). The molecule has 0 unspecified atom stereocenters. The third-order valence-corrected chi connectivity index (χ3v) is 3.97. The number of hydrogen-bond donors (Lipinski definition) is 2. The van der Waals surface area contributed by atoms with Crippen LogP contribution < -0.4 is 5.32 Å². The molecule has 1 aromatic heterocycles. The van der Waals surface area contributed by atoms with E-state index in [1.165, 1.54) is 11.8 Å². The number of hydrogen-bond acceptors (Lipinski definition) is 3. The lowest BCUT2D eigenvalue weighted by molar-refractivity contribution is 0.0950. The summed E-state index contributed by atoms with van der Waals surface area (Å²) in [5, 5.41) is 3.62. The average Bonchev–Trinajstić information content (AvgIpc) is 2.89. The molecule has 0 aliphatic carbocycles. The highest BCUT2D eigenvalue weighted by molar-refractivity contribution is 7.98. The van der Waals surface area contributed by atoms with Gasteiger partial charge in [0.1, 0.15) is 5.82 Å². The van der Waals surface area contributed by atoms with E-state index in [0.717, 1.165) is 4.90 Å². The fraction of sp³-hybridized carbons (Fsp3) is 0.167. The molecular formula is C12H11Cl2N3OS. The van der Waals surface area contributed by atoms with Gasteiger partial charge in [-0.25, -0.2) is 4.98 Å². The smallest absolute Gasteiger partial charge is 0.253 e. The van der Waals surface area contributed by atoms with E-state index in [1.54, 1.807) is 24.5 Å². The van der Waals surface area contributed by atoms with Gasteiger partial charge >= 0.3 is 0 Å². The second-order valence-electron chi connectivity index (χ2n) is 3.69. The molecule has 0 fully saturated rings. The molecule has 7 heteroatoms. The molecule has 0 aliphatic heterocycles. The number of rotatable bonds is 4. The van der Waals surface area contributed by atoms with E-state index in [1.807, 2.05) is 6.26 Å². The Morgan fingerprint density at radius 3 is 2.84 bits per heavy atom. The highest BCUT2D eigenvalue weighted by Gasteiger charge is 2.13. The summed E-state index contributed by atoms with van der Waals surface area (Å²) in [5.41, 5.74) is 0.405. The predicted molar refractivity (Wildman–Crippen MR) is 78.0 cm³/mol. The van der Waals surface area contributed by atoms with Gasteiger partial charge in [-0.05, 0) is 18.4 Å². The van der Waals surface area contributed by atoms with Crippen molar-refractivity contribution in [2.24, 2.45) is 0 Å². The van der Waals surface area contributed by atoms with E-state index in [0.29, 0.717) is 28.0 Å². The topological polar surface area (TPSA) is 57.8 Å². The van der Waals surface area contributed by atoms with Gasteiger partial charge in [0.05, 0.1) is 22.2 Å². The Labute approximate surface area is 124 Å². The summed E-state index contributed by atoms with van der Waals surface area (Å²) in [6.45, 7) is 0.319. The molecule has 0 spiro atoms. The Hall–Kier alpha value is -1.17. The van der Waals surface area contributed by atoms with Crippen LogP contribution >= 0.6 is 35.0 Å². The van der Waals surface area contributed by atoms with Crippen molar-refractivity contribution in [1.82, 2.24) is 15.3 Å². The summed E-state index contributed by atoms with van der Waals surface area (Å²) in [6.07, 6.45) is 5.21. The van der Waals surface area contributed by atoms with Gasteiger partial charge in [0, 0.05) is 17.3 Å². The number of thioether (sulfide) groups is 1.